The number of hydrogen-bond donors (Lipinski definition) is 0. The molecule has 1 aromatic rings. The van der Waals surface area contributed by atoms with Crippen molar-refractivity contribution < 1.29 is 8.85 Å². The fourth-order valence-corrected chi connectivity index (χ4v) is 2.84. The lowest BCUT2D eigenvalue weighted by molar-refractivity contribution is 0.243. The van der Waals surface area contributed by atoms with Gasteiger partial charge in [-0.2, -0.15) is 0 Å². The van der Waals surface area contributed by atoms with Gasteiger partial charge in [-0.25, -0.2) is 0 Å². The van der Waals surface area contributed by atoms with Crippen molar-refractivity contribution in [2.75, 3.05) is 6.61 Å². The van der Waals surface area contributed by atoms with E-state index in [1.165, 1.54) is 5.56 Å². The van der Waals surface area contributed by atoms with Crippen molar-refractivity contribution in [2.45, 2.75) is 39.8 Å². The van der Waals surface area contributed by atoms with Crippen molar-refractivity contribution in [3.63, 3.8) is 0 Å². The highest BCUT2D eigenvalue weighted by Gasteiger charge is 2.26. The summed E-state index contributed by atoms with van der Waals surface area (Å²) in [7, 11) is -2.00. The van der Waals surface area contributed by atoms with Gasteiger partial charge in [0, 0.05) is 6.61 Å². The zero-order valence-corrected chi connectivity index (χ0v) is 11.7. The molecular formula is C13H22O2Si. The first-order valence-electron chi connectivity index (χ1n) is 5.93. The zero-order chi connectivity index (χ0) is 12.0. The summed E-state index contributed by atoms with van der Waals surface area (Å²) in [5.74, 6) is 0.924. The molecule has 0 unspecified atom stereocenters. The topological polar surface area (TPSA) is 18.5 Å². The molecule has 0 saturated carbocycles. The molecule has 1 rings (SSSR count). The Morgan fingerprint density at radius 3 is 2.62 bits per heavy atom. The van der Waals surface area contributed by atoms with Crippen LogP contribution in [0.4, 0.5) is 0 Å². The monoisotopic (exact) mass is 238 g/mol. The molecule has 90 valence electrons. The standard InChI is InChI=1S/C13H22O2Si/c1-5-6-10-14-16(3,4)15-13-9-7-8-12(2)11-13/h7-9,11H,5-6,10H2,1-4H3. The second-order valence-electron chi connectivity index (χ2n) is 4.52. The van der Waals surface area contributed by atoms with Crippen molar-refractivity contribution in [1.29, 1.82) is 0 Å². The lowest BCUT2D eigenvalue weighted by Gasteiger charge is -2.24. The molecule has 0 radical (unpaired) electrons. The largest absolute Gasteiger partial charge is 0.520 e. The highest BCUT2D eigenvalue weighted by molar-refractivity contribution is 6.65. The summed E-state index contributed by atoms with van der Waals surface area (Å²) in [5, 5.41) is 0. The number of rotatable bonds is 6. The fraction of sp³-hybridized carbons (Fsp3) is 0.538. The Morgan fingerprint density at radius 1 is 1.25 bits per heavy atom. The minimum atomic E-state index is -2.00. The van der Waals surface area contributed by atoms with E-state index < -0.39 is 8.56 Å². The average Bonchev–Trinajstić information content (AvgIpc) is 2.17. The minimum Gasteiger partial charge on any atom is -0.520 e. The van der Waals surface area contributed by atoms with E-state index in [0.29, 0.717) is 0 Å². The Kier molecular flexibility index (Phi) is 5.02. The van der Waals surface area contributed by atoms with Crippen molar-refractivity contribution in [3.8, 4) is 5.75 Å². The van der Waals surface area contributed by atoms with Gasteiger partial charge in [0.2, 0.25) is 0 Å². The molecule has 0 spiro atoms. The van der Waals surface area contributed by atoms with Gasteiger partial charge in [-0.15, -0.1) is 0 Å². The predicted molar refractivity (Wildman–Crippen MR) is 70.1 cm³/mol. The Morgan fingerprint density at radius 2 is 2.00 bits per heavy atom. The molecule has 16 heavy (non-hydrogen) atoms. The highest BCUT2D eigenvalue weighted by Crippen LogP contribution is 2.18. The van der Waals surface area contributed by atoms with Crippen molar-refractivity contribution in [3.05, 3.63) is 29.8 Å². The van der Waals surface area contributed by atoms with Crippen LogP contribution in [0.3, 0.4) is 0 Å². The molecule has 1 aromatic carbocycles. The maximum absolute atomic E-state index is 5.95. The van der Waals surface area contributed by atoms with Gasteiger partial charge < -0.3 is 8.85 Å². The van der Waals surface area contributed by atoms with E-state index in [1.807, 2.05) is 12.1 Å². The molecule has 0 aliphatic rings. The van der Waals surface area contributed by atoms with Crippen molar-refractivity contribution >= 4 is 8.56 Å². The molecule has 0 bridgehead atoms. The van der Waals surface area contributed by atoms with Crippen molar-refractivity contribution in [1.82, 2.24) is 0 Å². The summed E-state index contributed by atoms with van der Waals surface area (Å²) in [6.07, 6.45) is 2.27. The van der Waals surface area contributed by atoms with Crippen LogP contribution >= 0.6 is 0 Å². The second-order valence-corrected chi connectivity index (χ2v) is 7.81. The first kappa shape index (κ1) is 13.3. The van der Waals surface area contributed by atoms with Gasteiger partial charge in [-0.1, -0.05) is 25.5 Å². The van der Waals surface area contributed by atoms with Crippen LogP contribution in [0.15, 0.2) is 24.3 Å². The molecular weight excluding hydrogens is 216 g/mol. The van der Waals surface area contributed by atoms with E-state index in [-0.39, 0.29) is 0 Å². The predicted octanol–water partition coefficient (Wildman–Crippen LogP) is 3.89. The van der Waals surface area contributed by atoms with E-state index in [0.717, 1.165) is 25.2 Å². The maximum atomic E-state index is 5.95. The molecule has 0 aromatic heterocycles. The molecule has 0 amide bonds. The third kappa shape index (κ3) is 4.81. The molecule has 0 aliphatic carbocycles. The summed E-state index contributed by atoms with van der Waals surface area (Å²) >= 11 is 0. The van der Waals surface area contributed by atoms with E-state index in [9.17, 15) is 0 Å². The van der Waals surface area contributed by atoms with E-state index in [1.54, 1.807) is 0 Å². The highest BCUT2D eigenvalue weighted by atomic mass is 28.4. The first-order chi connectivity index (χ1) is 7.53. The number of hydrogen-bond acceptors (Lipinski definition) is 2. The maximum Gasteiger partial charge on any atom is 0.392 e. The van der Waals surface area contributed by atoms with Crippen LogP contribution in [-0.4, -0.2) is 15.2 Å². The second kappa shape index (κ2) is 6.06. The van der Waals surface area contributed by atoms with Gasteiger partial charge in [0.15, 0.2) is 0 Å². The first-order valence-corrected chi connectivity index (χ1v) is 8.75. The summed E-state index contributed by atoms with van der Waals surface area (Å²) in [6.45, 7) is 9.22. The fourth-order valence-electron chi connectivity index (χ4n) is 1.45. The van der Waals surface area contributed by atoms with Crippen LogP contribution in [0.25, 0.3) is 0 Å². The quantitative estimate of drug-likeness (QED) is 0.553. The number of benzene rings is 1. The van der Waals surface area contributed by atoms with Crippen LogP contribution in [-0.2, 0) is 4.43 Å². The van der Waals surface area contributed by atoms with Gasteiger partial charge in [-0.3, -0.25) is 0 Å². The summed E-state index contributed by atoms with van der Waals surface area (Å²) < 4.78 is 11.8. The number of unbranched alkanes of at least 4 members (excludes halogenated alkanes) is 1. The van der Waals surface area contributed by atoms with Crippen LogP contribution in [0, 0.1) is 6.92 Å². The van der Waals surface area contributed by atoms with Crippen LogP contribution in [0.5, 0.6) is 5.75 Å². The number of aryl methyl sites for hydroxylation is 1. The Hall–Kier alpha value is -0.803. The summed E-state index contributed by atoms with van der Waals surface area (Å²) in [5.41, 5.74) is 1.22. The molecule has 0 aliphatic heterocycles. The molecule has 0 N–H and O–H groups in total. The smallest absolute Gasteiger partial charge is 0.392 e. The Balaban J connectivity index is 2.51. The van der Waals surface area contributed by atoms with Gasteiger partial charge in [0.05, 0.1) is 0 Å². The SMILES string of the molecule is CCCCO[Si](C)(C)Oc1cccc(C)c1. The van der Waals surface area contributed by atoms with Gasteiger partial charge in [-0.05, 0) is 44.1 Å². The molecule has 0 saturated heterocycles. The molecule has 0 atom stereocenters. The molecule has 3 heteroatoms. The van der Waals surface area contributed by atoms with Gasteiger partial charge in [0.25, 0.3) is 0 Å². The van der Waals surface area contributed by atoms with Crippen LogP contribution in [0.2, 0.25) is 13.1 Å². The Bertz CT molecular complexity index is 323. The van der Waals surface area contributed by atoms with Gasteiger partial charge >= 0.3 is 8.56 Å². The van der Waals surface area contributed by atoms with Crippen molar-refractivity contribution in [2.24, 2.45) is 0 Å². The lowest BCUT2D eigenvalue weighted by atomic mass is 10.2. The molecule has 2 nitrogen and oxygen atoms in total. The lowest BCUT2D eigenvalue weighted by Crippen LogP contribution is -2.38. The summed E-state index contributed by atoms with van der Waals surface area (Å²) in [6, 6.07) is 8.13. The van der Waals surface area contributed by atoms with Gasteiger partial charge in [0.1, 0.15) is 5.75 Å². The van der Waals surface area contributed by atoms with E-state index in [2.05, 4.69) is 39.1 Å². The Labute approximate surface area is 99.8 Å². The third-order valence-corrected chi connectivity index (χ3v) is 3.93. The summed E-state index contributed by atoms with van der Waals surface area (Å²) in [4.78, 5) is 0. The van der Waals surface area contributed by atoms with E-state index >= 15 is 0 Å². The molecule has 0 fully saturated rings. The minimum absolute atomic E-state index is 0.807. The third-order valence-electron chi connectivity index (χ3n) is 2.30. The zero-order valence-electron chi connectivity index (χ0n) is 10.7. The van der Waals surface area contributed by atoms with Crippen LogP contribution < -0.4 is 4.43 Å². The average molecular weight is 238 g/mol. The van der Waals surface area contributed by atoms with Crippen LogP contribution in [0.1, 0.15) is 25.3 Å². The van der Waals surface area contributed by atoms with E-state index in [4.69, 9.17) is 8.85 Å². The molecule has 0 heterocycles. The normalized spacial score (nSPS) is 11.5.